The van der Waals surface area contributed by atoms with Crippen LogP contribution in [-0.4, -0.2) is 24.8 Å². The predicted molar refractivity (Wildman–Crippen MR) is 137 cm³/mol. The van der Waals surface area contributed by atoms with Gasteiger partial charge in [-0.1, -0.05) is 48.5 Å². The summed E-state index contributed by atoms with van der Waals surface area (Å²) in [7, 11) is 1.82. The van der Waals surface area contributed by atoms with Crippen LogP contribution < -0.4 is 0 Å². The summed E-state index contributed by atoms with van der Waals surface area (Å²) in [5.74, 6) is 3.14. The van der Waals surface area contributed by atoms with Crippen molar-refractivity contribution in [2.45, 2.75) is 131 Å². The van der Waals surface area contributed by atoms with E-state index in [1.54, 1.807) is 0 Å². The number of ether oxygens (including phenoxy) is 2. The number of Topliss-reactive ketones (excluding diaryl/α,β-unsaturated/α-hetero) is 1. The molecular weight excluding hydrogens is 420 g/mol. The van der Waals surface area contributed by atoms with Gasteiger partial charge in [-0.2, -0.15) is 0 Å². The Bertz CT molecular complexity index is 846. The molecule has 1 aliphatic heterocycles. The lowest BCUT2D eigenvalue weighted by atomic mass is 9.35. The van der Waals surface area contributed by atoms with E-state index in [9.17, 15) is 4.79 Å². The monoisotopic (exact) mass is 472 g/mol. The molecule has 0 aromatic heterocycles. The van der Waals surface area contributed by atoms with Crippen molar-refractivity contribution >= 4 is 5.78 Å². The lowest BCUT2D eigenvalue weighted by Crippen LogP contribution is -2.64. The van der Waals surface area contributed by atoms with Gasteiger partial charge >= 0.3 is 0 Å². The van der Waals surface area contributed by atoms with Crippen LogP contribution in [0.5, 0.6) is 0 Å². The van der Waals surface area contributed by atoms with E-state index in [-0.39, 0.29) is 22.7 Å². The van der Waals surface area contributed by atoms with Crippen molar-refractivity contribution in [1.29, 1.82) is 0 Å². The lowest BCUT2D eigenvalue weighted by Gasteiger charge is -2.69. The van der Waals surface area contributed by atoms with E-state index in [2.05, 4.69) is 55.4 Å². The second-order valence-electron chi connectivity index (χ2n) is 15.4. The summed E-state index contributed by atoms with van der Waals surface area (Å²) in [4.78, 5) is 12.9. The van der Waals surface area contributed by atoms with Gasteiger partial charge in [0.2, 0.25) is 0 Å². The van der Waals surface area contributed by atoms with Crippen LogP contribution in [0, 0.1) is 50.7 Å². The number of rotatable bonds is 2. The molecule has 5 fully saturated rings. The Morgan fingerprint density at radius 1 is 0.735 bits per heavy atom. The fourth-order valence-corrected chi connectivity index (χ4v) is 11.1. The van der Waals surface area contributed by atoms with E-state index < -0.39 is 0 Å². The first-order valence-corrected chi connectivity index (χ1v) is 14.4. The van der Waals surface area contributed by atoms with Gasteiger partial charge in [0.15, 0.2) is 6.29 Å². The van der Waals surface area contributed by atoms with E-state index in [1.807, 2.05) is 7.11 Å². The Hall–Kier alpha value is -0.410. The fourth-order valence-electron chi connectivity index (χ4n) is 11.1. The number of carbonyl (C=O) groups is 1. The first kappa shape index (κ1) is 25.2. The van der Waals surface area contributed by atoms with Crippen LogP contribution in [0.15, 0.2) is 0 Å². The quantitative estimate of drug-likeness (QED) is 0.411. The SMILES string of the molecule is COC1O[C@](C)([C@@H]2CC[C@]3(C)[C@@H]2CC[C@H]2[C@@]4(C)CCC(=O)C(C)(C)[C@H]4CC[C@]23C)CCC1(C)C. The maximum atomic E-state index is 12.9. The summed E-state index contributed by atoms with van der Waals surface area (Å²) in [6.07, 6.45) is 11.9. The summed E-state index contributed by atoms with van der Waals surface area (Å²) in [5, 5.41) is 0. The third-order valence-electron chi connectivity index (χ3n) is 13.4. The molecule has 0 bridgehead atoms. The zero-order chi connectivity index (χ0) is 24.9. The minimum absolute atomic E-state index is 0.0812. The molecule has 3 heteroatoms. The van der Waals surface area contributed by atoms with Crippen molar-refractivity contribution in [3.05, 3.63) is 0 Å². The number of fused-ring (bicyclic) bond motifs is 5. The van der Waals surface area contributed by atoms with Gasteiger partial charge in [-0.3, -0.25) is 4.79 Å². The smallest absolute Gasteiger partial charge is 0.162 e. The second-order valence-corrected chi connectivity index (χ2v) is 15.4. The zero-order valence-corrected chi connectivity index (χ0v) is 23.7. The van der Waals surface area contributed by atoms with Gasteiger partial charge in [0.05, 0.1) is 5.60 Å². The van der Waals surface area contributed by atoms with Gasteiger partial charge in [0.25, 0.3) is 0 Å². The minimum atomic E-state index is -0.157. The second kappa shape index (κ2) is 7.56. The molecule has 4 saturated carbocycles. The van der Waals surface area contributed by atoms with Crippen molar-refractivity contribution in [2.75, 3.05) is 7.11 Å². The molecular formula is C31H52O3. The van der Waals surface area contributed by atoms with Crippen LogP contribution >= 0.6 is 0 Å². The number of hydrogen-bond donors (Lipinski definition) is 0. The molecule has 194 valence electrons. The molecule has 34 heavy (non-hydrogen) atoms. The highest BCUT2D eigenvalue weighted by atomic mass is 16.7. The maximum Gasteiger partial charge on any atom is 0.162 e. The van der Waals surface area contributed by atoms with E-state index >= 15 is 0 Å². The Kier molecular flexibility index (Phi) is 5.61. The highest BCUT2D eigenvalue weighted by molar-refractivity contribution is 5.85. The largest absolute Gasteiger partial charge is 0.355 e. The average Bonchev–Trinajstić information content (AvgIpc) is 3.12. The molecule has 3 nitrogen and oxygen atoms in total. The summed E-state index contributed by atoms with van der Waals surface area (Å²) in [6, 6.07) is 0. The van der Waals surface area contributed by atoms with Crippen LogP contribution in [0.3, 0.4) is 0 Å². The molecule has 1 unspecified atom stereocenters. The van der Waals surface area contributed by atoms with Crippen LogP contribution in [0.25, 0.3) is 0 Å². The molecule has 1 saturated heterocycles. The normalized spacial score (nSPS) is 54.1. The van der Waals surface area contributed by atoms with Gasteiger partial charge in [0, 0.05) is 24.4 Å². The molecule has 1 heterocycles. The number of carbonyl (C=O) groups excluding carboxylic acids is 1. The standard InChI is InChI=1S/C31H52O3/c1-26(2)18-19-31(8,34-25(26)33-9)21-12-16-29(6)20(21)10-11-23-28(5)15-14-24(32)27(3,4)22(28)13-17-30(23,29)7/h20-23,25H,10-19H2,1-9H3/t20-,21-,22-,23+,25?,28+,29-,30-,31+/m1/s1. The molecule has 4 aliphatic carbocycles. The topological polar surface area (TPSA) is 35.5 Å². The summed E-state index contributed by atoms with van der Waals surface area (Å²) >= 11 is 0. The number of ketones is 1. The highest BCUT2D eigenvalue weighted by Crippen LogP contribution is 2.75. The minimum Gasteiger partial charge on any atom is -0.355 e. The Balaban J connectivity index is 1.45. The van der Waals surface area contributed by atoms with Crippen molar-refractivity contribution in [2.24, 2.45) is 50.7 Å². The Morgan fingerprint density at radius 3 is 2.09 bits per heavy atom. The van der Waals surface area contributed by atoms with Gasteiger partial charge in [-0.15, -0.1) is 0 Å². The third-order valence-corrected chi connectivity index (χ3v) is 13.4. The number of hydrogen-bond acceptors (Lipinski definition) is 3. The molecule has 9 atom stereocenters. The maximum absolute atomic E-state index is 12.9. The molecule has 0 amide bonds. The lowest BCUT2D eigenvalue weighted by molar-refractivity contribution is -0.291. The van der Waals surface area contributed by atoms with Gasteiger partial charge in [0.1, 0.15) is 5.78 Å². The van der Waals surface area contributed by atoms with Crippen molar-refractivity contribution in [1.82, 2.24) is 0 Å². The van der Waals surface area contributed by atoms with Crippen LogP contribution in [0.4, 0.5) is 0 Å². The van der Waals surface area contributed by atoms with E-state index in [4.69, 9.17) is 9.47 Å². The van der Waals surface area contributed by atoms with E-state index in [0.717, 1.165) is 31.1 Å². The van der Waals surface area contributed by atoms with Crippen molar-refractivity contribution < 1.29 is 14.3 Å². The summed E-state index contributed by atoms with van der Waals surface area (Å²) in [6.45, 7) is 19.4. The van der Waals surface area contributed by atoms with Gasteiger partial charge in [-0.05, 0) is 105 Å². The molecule has 0 aromatic rings. The third kappa shape index (κ3) is 3.10. The van der Waals surface area contributed by atoms with Crippen LogP contribution in [0.2, 0.25) is 0 Å². The van der Waals surface area contributed by atoms with Crippen LogP contribution in [0.1, 0.15) is 120 Å². The predicted octanol–water partition coefficient (Wildman–Crippen LogP) is 7.81. The first-order valence-electron chi connectivity index (χ1n) is 14.4. The van der Waals surface area contributed by atoms with Crippen molar-refractivity contribution in [3.8, 4) is 0 Å². The fraction of sp³-hybridized carbons (Fsp3) is 0.968. The van der Waals surface area contributed by atoms with Crippen molar-refractivity contribution in [3.63, 3.8) is 0 Å². The molecule has 0 radical (unpaired) electrons. The molecule has 0 spiro atoms. The van der Waals surface area contributed by atoms with Crippen LogP contribution in [-0.2, 0) is 14.3 Å². The summed E-state index contributed by atoms with van der Waals surface area (Å²) < 4.78 is 12.7. The summed E-state index contributed by atoms with van der Waals surface area (Å²) in [5.41, 5.74) is 0.863. The average molecular weight is 473 g/mol. The molecule has 0 aromatic carbocycles. The first-order chi connectivity index (χ1) is 15.7. The molecule has 5 rings (SSSR count). The van der Waals surface area contributed by atoms with E-state index in [0.29, 0.717) is 33.9 Å². The van der Waals surface area contributed by atoms with E-state index in [1.165, 1.54) is 44.9 Å². The molecule has 5 aliphatic rings. The highest BCUT2D eigenvalue weighted by Gasteiger charge is 2.70. The Labute approximate surface area is 209 Å². The molecule has 0 N–H and O–H groups in total. The van der Waals surface area contributed by atoms with Gasteiger partial charge < -0.3 is 9.47 Å². The zero-order valence-electron chi connectivity index (χ0n) is 23.7. The van der Waals surface area contributed by atoms with Gasteiger partial charge in [-0.25, -0.2) is 0 Å². The number of methoxy groups -OCH3 is 1. The Morgan fingerprint density at radius 2 is 1.41 bits per heavy atom.